The van der Waals surface area contributed by atoms with E-state index in [1.54, 1.807) is 0 Å². The van der Waals surface area contributed by atoms with Crippen molar-refractivity contribution in [2.75, 3.05) is 6.54 Å². The summed E-state index contributed by atoms with van der Waals surface area (Å²) >= 11 is 0. The SMILES string of the molecule is CC(=O)NCCCC(=O)NO. The molecule has 0 fully saturated rings. The molecule has 0 spiro atoms. The average molecular weight is 160 g/mol. The summed E-state index contributed by atoms with van der Waals surface area (Å²) in [6.45, 7) is 1.87. The van der Waals surface area contributed by atoms with E-state index in [0.717, 1.165) is 0 Å². The van der Waals surface area contributed by atoms with Gasteiger partial charge in [-0.2, -0.15) is 0 Å². The third-order valence-corrected chi connectivity index (χ3v) is 1.08. The molecule has 0 radical (unpaired) electrons. The molecule has 0 aromatic heterocycles. The fourth-order valence-electron chi connectivity index (χ4n) is 0.569. The second-order valence-corrected chi connectivity index (χ2v) is 2.12. The van der Waals surface area contributed by atoms with Gasteiger partial charge in [0.2, 0.25) is 11.8 Å². The molecule has 3 N–H and O–H groups in total. The van der Waals surface area contributed by atoms with E-state index in [-0.39, 0.29) is 12.3 Å². The van der Waals surface area contributed by atoms with Gasteiger partial charge in [-0.15, -0.1) is 0 Å². The molecule has 0 aromatic rings. The lowest BCUT2D eigenvalue weighted by atomic mass is 10.3. The van der Waals surface area contributed by atoms with Crippen LogP contribution in [-0.4, -0.2) is 23.6 Å². The molecule has 5 nitrogen and oxygen atoms in total. The van der Waals surface area contributed by atoms with E-state index in [1.807, 2.05) is 0 Å². The zero-order valence-corrected chi connectivity index (χ0v) is 6.39. The van der Waals surface area contributed by atoms with Gasteiger partial charge in [-0.3, -0.25) is 14.8 Å². The molecular weight excluding hydrogens is 148 g/mol. The minimum Gasteiger partial charge on any atom is -0.356 e. The lowest BCUT2D eigenvalue weighted by Gasteiger charge is -1.99. The van der Waals surface area contributed by atoms with Gasteiger partial charge >= 0.3 is 0 Å². The molecule has 64 valence electrons. The lowest BCUT2D eigenvalue weighted by Crippen LogP contribution is -2.24. The number of carbonyl (C=O) groups is 2. The first-order valence-electron chi connectivity index (χ1n) is 3.34. The molecule has 0 atom stereocenters. The van der Waals surface area contributed by atoms with Gasteiger partial charge in [-0.25, -0.2) is 5.48 Å². The van der Waals surface area contributed by atoms with Crippen LogP contribution in [0, 0.1) is 0 Å². The summed E-state index contributed by atoms with van der Waals surface area (Å²) in [5.74, 6) is -0.551. The highest BCUT2D eigenvalue weighted by molar-refractivity contribution is 5.75. The Labute approximate surface area is 64.7 Å². The summed E-state index contributed by atoms with van der Waals surface area (Å²) in [7, 11) is 0. The molecule has 0 rings (SSSR count). The topological polar surface area (TPSA) is 78.4 Å². The Balaban J connectivity index is 3.14. The predicted octanol–water partition coefficient (Wildman–Crippen LogP) is -0.592. The van der Waals surface area contributed by atoms with Gasteiger partial charge < -0.3 is 5.32 Å². The Morgan fingerprint density at radius 1 is 1.45 bits per heavy atom. The minimum atomic E-state index is -0.435. The average Bonchev–Trinajstić information content (AvgIpc) is 1.97. The second kappa shape index (κ2) is 5.67. The molecule has 5 heteroatoms. The number of hydrogen-bond donors (Lipinski definition) is 3. The lowest BCUT2D eigenvalue weighted by molar-refractivity contribution is -0.129. The molecule has 0 saturated carbocycles. The van der Waals surface area contributed by atoms with Crippen molar-refractivity contribution in [3.63, 3.8) is 0 Å². The molecule has 0 aliphatic carbocycles. The van der Waals surface area contributed by atoms with Crippen molar-refractivity contribution >= 4 is 11.8 Å². The van der Waals surface area contributed by atoms with Gasteiger partial charge in [0.25, 0.3) is 0 Å². The number of carbonyl (C=O) groups excluding carboxylic acids is 2. The first-order valence-corrected chi connectivity index (χ1v) is 3.34. The Kier molecular flexibility index (Phi) is 5.10. The maximum atomic E-state index is 10.4. The molecule has 0 aliphatic heterocycles. The van der Waals surface area contributed by atoms with Crippen molar-refractivity contribution in [1.29, 1.82) is 0 Å². The molecule has 0 aliphatic rings. The Hall–Kier alpha value is -1.10. The molecule has 0 saturated heterocycles. The van der Waals surface area contributed by atoms with Crippen molar-refractivity contribution in [2.45, 2.75) is 19.8 Å². The maximum Gasteiger partial charge on any atom is 0.243 e. The summed E-state index contributed by atoms with van der Waals surface area (Å²) in [4.78, 5) is 20.7. The van der Waals surface area contributed by atoms with E-state index in [1.165, 1.54) is 12.4 Å². The maximum absolute atomic E-state index is 10.4. The van der Waals surface area contributed by atoms with Crippen LogP contribution in [0.3, 0.4) is 0 Å². The fraction of sp³-hybridized carbons (Fsp3) is 0.667. The zero-order chi connectivity index (χ0) is 8.69. The smallest absolute Gasteiger partial charge is 0.243 e. The van der Waals surface area contributed by atoms with Crippen LogP contribution in [0.2, 0.25) is 0 Å². The van der Waals surface area contributed by atoms with Crippen LogP contribution in [0.1, 0.15) is 19.8 Å². The highest BCUT2D eigenvalue weighted by Gasteiger charge is 1.97. The van der Waals surface area contributed by atoms with Crippen LogP contribution < -0.4 is 10.8 Å². The van der Waals surface area contributed by atoms with Gasteiger partial charge in [0, 0.05) is 19.9 Å². The molecule has 11 heavy (non-hydrogen) atoms. The van der Waals surface area contributed by atoms with Gasteiger partial charge in [-0.05, 0) is 6.42 Å². The van der Waals surface area contributed by atoms with Crippen LogP contribution >= 0.6 is 0 Å². The second-order valence-electron chi connectivity index (χ2n) is 2.12. The summed E-state index contributed by atoms with van der Waals surface area (Å²) in [5, 5.41) is 10.6. The van der Waals surface area contributed by atoms with Gasteiger partial charge in [0.15, 0.2) is 0 Å². The van der Waals surface area contributed by atoms with Gasteiger partial charge in [0.05, 0.1) is 0 Å². The number of hydrogen-bond acceptors (Lipinski definition) is 3. The quantitative estimate of drug-likeness (QED) is 0.292. The Morgan fingerprint density at radius 2 is 2.09 bits per heavy atom. The van der Waals surface area contributed by atoms with Crippen molar-refractivity contribution in [3.8, 4) is 0 Å². The highest BCUT2D eigenvalue weighted by atomic mass is 16.5. The van der Waals surface area contributed by atoms with E-state index in [0.29, 0.717) is 13.0 Å². The molecule has 0 heterocycles. The van der Waals surface area contributed by atoms with E-state index in [4.69, 9.17) is 5.21 Å². The monoisotopic (exact) mass is 160 g/mol. The standard InChI is InChI=1S/C6H12N2O3/c1-5(9)7-4-2-3-6(10)8-11/h11H,2-4H2,1H3,(H,7,9)(H,8,10). The molecular formula is C6H12N2O3. The van der Waals surface area contributed by atoms with Gasteiger partial charge in [0.1, 0.15) is 0 Å². The Bertz CT molecular complexity index is 147. The predicted molar refractivity (Wildman–Crippen MR) is 37.8 cm³/mol. The largest absolute Gasteiger partial charge is 0.356 e. The number of rotatable bonds is 4. The highest BCUT2D eigenvalue weighted by Crippen LogP contribution is 1.85. The summed E-state index contributed by atoms with van der Waals surface area (Å²) in [6.07, 6.45) is 0.753. The Morgan fingerprint density at radius 3 is 2.55 bits per heavy atom. The number of amides is 2. The van der Waals surface area contributed by atoms with Crippen molar-refractivity contribution < 1.29 is 14.8 Å². The summed E-state index contributed by atoms with van der Waals surface area (Å²) < 4.78 is 0. The number of hydroxylamine groups is 1. The van der Waals surface area contributed by atoms with E-state index in [9.17, 15) is 9.59 Å². The van der Waals surface area contributed by atoms with Crippen molar-refractivity contribution in [2.24, 2.45) is 0 Å². The van der Waals surface area contributed by atoms with Gasteiger partial charge in [-0.1, -0.05) is 0 Å². The van der Waals surface area contributed by atoms with Crippen molar-refractivity contribution in [1.82, 2.24) is 10.8 Å². The third kappa shape index (κ3) is 6.79. The van der Waals surface area contributed by atoms with E-state index < -0.39 is 5.91 Å². The summed E-state index contributed by atoms with van der Waals surface area (Å²) in [6, 6.07) is 0. The van der Waals surface area contributed by atoms with E-state index in [2.05, 4.69) is 5.32 Å². The van der Waals surface area contributed by atoms with Crippen molar-refractivity contribution in [3.05, 3.63) is 0 Å². The molecule has 0 bridgehead atoms. The van der Waals surface area contributed by atoms with Crippen LogP contribution in [0.15, 0.2) is 0 Å². The minimum absolute atomic E-state index is 0.116. The normalized spacial score (nSPS) is 8.91. The van der Waals surface area contributed by atoms with Crippen LogP contribution in [0.25, 0.3) is 0 Å². The number of nitrogens with one attached hydrogen (secondary N) is 2. The van der Waals surface area contributed by atoms with Crippen LogP contribution in [0.4, 0.5) is 0 Å². The molecule has 0 aromatic carbocycles. The van der Waals surface area contributed by atoms with E-state index >= 15 is 0 Å². The third-order valence-electron chi connectivity index (χ3n) is 1.08. The summed E-state index contributed by atoms with van der Waals surface area (Å²) in [5.41, 5.74) is 1.50. The first-order chi connectivity index (χ1) is 5.16. The van der Waals surface area contributed by atoms with Crippen LogP contribution in [0.5, 0.6) is 0 Å². The fourth-order valence-corrected chi connectivity index (χ4v) is 0.569. The van der Waals surface area contributed by atoms with Crippen LogP contribution in [-0.2, 0) is 9.59 Å². The zero-order valence-electron chi connectivity index (χ0n) is 6.39. The molecule has 0 unspecified atom stereocenters. The molecule has 2 amide bonds. The first kappa shape index (κ1) is 9.90.